The Morgan fingerprint density at radius 1 is 1.16 bits per heavy atom. The smallest absolute Gasteiger partial charge is 0.255 e. The minimum absolute atomic E-state index is 0.0123. The van der Waals surface area contributed by atoms with Crippen molar-refractivity contribution < 1.29 is 4.79 Å². The molecule has 1 amide bonds. The molecule has 1 saturated heterocycles. The van der Waals surface area contributed by atoms with Crippen molar-refractivity contribution in [1.82, 2.24) is 29.6 Å². The lowest BCUT2D eigenvalue weighted by Gasteiger charge is -2.32. The largest absolute Gasteiger partial charge is 0.338 e. The van der Waals surface area contributed by atoms with Crippen LogP contribution in [0.5, 0.6) is 0 Å². The summed E-state index contributed by atoms with van der Waals surface area (Å²) in [7, 11) is 0. The maximum atomic E-state index is 12.8. The highest BCUT2D eigenvalue weighted by Gasteiger charge is 2.26. The van der Waals surface area contributed by atoms with Gasteiger partial charge in [0, 0.05) is 49.5 Å². The van der Waals surface area contributed by atoms with Crippen LogP contribution in [0.2, 0.25) is 0 Å². The van der Waals surface area contributed by atoms with Crippen molar-refractivity contribution in [1.29, 1.82) is 0 Å². The van der Waals surface area contributed by atoms with Gasteiger partial charge in [0.1, 0.15) is 6.33 Å². The molecule has 126 valence electrons. The zero-order chi connectivity index (χ0) is 17.1. The third-order valence-corrected chi connectivity index (χ3v) is 4.47. The summed E-state index contributed by atoms with van der Waals surface area (Å²) in [6.07, 6.45) is 10.5. The minimum atomic E-state index is 0.0123. The van der Waals surface area contributed by atoms with Gasteiger partial charge in [-0.2, -0.15) is 5.10 Å². The standard InChI is InChI=1S/C18H18N6O/c25-18(14-4-5-17(20-11-14)24-10-2-7-22-24)23-9-1-3-15(12-23)16-6-8-19-13-21-16/h2,4-8,10-11,13,15H,1,3,9,12H2/t15-/m1/s1. The number of rotatable bonds is 3. The first-order valence-electron chi connectivity index (χ1n) is 8.32. The average Bonchev–Trinajstić information content (AvgIpc) is 3.23. The minimum Gasteiger partial charge on any atom is -0.338 e. The molecule has 25 heavy (non-hydrogen) atoms. The van der Waals surface area contributed by atoms with Crippen molar-refractivity contribution in [2.75, 3.05) is 13.1 Å². The van der Waals surface area contributed by atoms with E-state index in [0.717, 1.165) is 25.1 Å². The molecule has 0 saturated carbocycles. The van der Waals surface area contributed by atoms with Gasteiger partial charge in [-0.3, -0.25) is 4.79 Å². The van der Waals surface area contributed by atoms with Crippen LogP contribution in [-0.2, 0) is 0 Å². The van der Waals surface area contributed by atoms with E-state index in [0.29, 0.717) is 17.9 Å². The molecule has 1 aliphatic rings. The predicted octanol–water partition coefficient (Wildman–Crippen LogP) is 2.08. The molecule has 0 N–H and O–H groups in total. The lowest BCUT2D eigenvalue weighted by molar-refractivity contribution is 0.0705. The third kappa shape index (κ3) is 3.26. The van der Waals surface area contributed by atoms with Crippen molar-refractivity contribution in [3.8, 4) is 5.82 Å². The Kier molecular flexibility index (Phi) is 4.20. The number of aromatic nitrogens is 5. The Morgan fingerprint density at radius 3 is 2.84 bits per heavy atom. The van der Waals surface area contributed by atoms with Crippen LogP contribution in [-0.4, -0.2) is 48.6 Å². The highest BCUT2D eigenvalue weighted by atomic mass is 16.2. The molecule has 7 nitrogen and oxygen atoms in total. The van der Waals surface area contributed by atoms with Crippen LogP contribution in [0.15, 0.2) is 55.4 Å². The maximum Gasteiger partial charge on any atom is 0.255 e. The van der Waals surface area contributed by atoms with Gasteiger partial charge in [0.25, 0.3) is 5.91 Å². The lowest BCUT2D eigenvalue weighted by atomic mass is 9.94. The monoisotopic (exact) mass is 334 g/mol. The second kappa shape index (κ2) is 6.80. The van der Waals surface area contributed by atoms with E-state index in [1.807, 2.05) is 29.3 Å². The molecule has 1 fully saturated rings. The zero-order valence-corrected chi connectivity index (χ0v) is 13.7. The molecule has 4 rings (SSSR count). The number of nitrogens with zero attached hydrogens (tertiary/aromatic N) is 6. The summed E-state index contributed by atoms with van der Waals surface area (Å²) in [6.45, 7) is 1.44. The van der Waals surface area contributed by atoms with Gasteiger partial charge in [-0.1, -0.05) is 0 Å². The number of pyridine rings is 1. The number of piperidine rings is 1. The van der Waals surface area contributed by atoms with E-state index in [1.165, 1.54) is 0 Å². The van der Waals surface area contributed by atoms with Crippen LogP contribution in [0.25, 0.3) is 5.82 Å². The van der Waals surface area contributed by atoms with E-state index in [1.54, 1.807) is 35.7 Å². The Morgan fingerprint density at radius 2 is 2.12 bits per heavy atom. The summed E-state index contributed by atoms with van der Waals surface area (Å²) < 4.78 is 1.67. The molecule has 0 unspecified atom stereocenters. The number of amides is 1. The second-order valence-electron chi connectivity index (χ2n) is 6.08. The quantitative estimate of drug-likeness (QED) is 0.733. The van der Waals surface area contributed by atoms with E-state index in [9.17, 15) is 4.79 Å². The van der Waals surface area contributed by atoms with Gasteiger partial charge in [0.05, 0.1) is 5.56 Å². The van der Waals surface area contributed by atoms with E-state index in [2.05, 4.69) is 20.1 Å². The summed E-state index contributed by atoms with van der Waals surface area (Å²) in [6, 6.07) is 7.38. The third-order valence-electron chi connectivity index (χ3n) is 4.47. The van der Waals surface area contributed by atoms with Crippen molar-refractivity contribution in [3.63, 3.8) is 0 Å². The predicted molar refractivity (Wildman–Crippen MR) is 91.3 cm³/mol. The van der Waals surface area contributed by atoms with Crippen LogP contribution in [0.3, 0.4) is 0 Å². The fourth-order valence-electron chi connectivity index (χ4n) is 3.18. The molecule has 3 aromatic heterocycles. The van der Waals surface area contributed by atoms with Crippen molar-refractivity contribution >= 4 is 5.91 Å². The molecule has 7 heteroatoms. The zero-order valence-electron chi connectivity index (χ0n) is 13.7. The Balaban J connectivity index is 1.48. The first kappa shape index (κ1) is 15.4. The summed E-state index contributed by atoms with van der Waals surface area (Å²) in [4.78, 5) is 27.3. The Labute approximate surface area is 145 Å². The number of likely N-dealkylation sites (tertiary alicyclic amines) is 1. The average molecular weight is 334 g/mol. The molecule has 1 aliphatic heterocycles. The van der Waals surface area contributed by atoms with Crippen LogP contribution in [0.4, 0.5) is 0 Å². The van der Waals surface area contributed by atoms with Crippen LogP contribution in [0.1, 0.15) is 34.8 Å². The van der Waals surface area contributed by atoms with Crippen LogP contribution in [0, 0.1) is 0 Å². The fourth-order valence-corrected chi connectivity index (χ4v) is 3.18. The first-order chi connectivity index (χ1) is 12.3. The first-order valence-corrected chi connectivity index (χ1v) is 8.32. The highest BCUT2D eigenvalue weighted by molar-refractivity contribution is 5.94. The summed E-state index contributed by atoms with van der Waals surface area (Å²) >= 11 is 0. The van der Waals surface area contributed by atoms with Gasteiger partial charge in [0.15, 0.2) is 5.82 Å². The lowest BCUT2D eigenvalue weighted by Crippen LogP contribution is -2.39. The van der Waals surface area contributed by atoms with E-state index in [4.69, 9.17) is 0 Å². The van der Waals surface area contributed by atoms with E-state index >= 15 is 0 Å². The van der Waals surface area contributed by atoms with Gasteiger partial charge in [-0.25, -0.2) is 19.6 Å². The molecular formula is C18H18N6O. The molecule has 0 radical (unpaired) electrons. The van der Waals surface area contributed by atoms with Crippen LogP contribution >= 0.6 is 0 Å². The fraction of sp³-hybridized carbons (Fsp3) is 0.278. The van der Waals surface area contributed by atoms with Gasteiger partial charge >= 0.3 is 0 Å². The van der Waals surface area contributed by atoms with Gasteiger partial charge in [0.2, 0.25) is 0 Å². The van der Waals surface area contributed by atoms with Crippen molar-refractivity contribution in [2.45, 2.75) is 18.8 Å². The van der Waals surface area contributed by atoms with Crippen LogP contribution < -0.4 is 0 Å². The number of carbonyl (C=O) groups is 1. The molecular weight excluding hydrogens is 316 g/mol. The number of hydrogen-bond acceptors (Lipinski definition) is 5. The van der Waals surface area contributed by atoms with E-state index in [-0.39, 0.29) is 11.8 Å². The molecule has 0 bridgehead atoms. The van der Waals surface area contributed by atoms with Crippen molar-refractivity contribution in [3.05, 3.63) is 66.6 Å². The van der Waals surface area contributed by atoms with E-state index < -0.39 is 0 Å². The summed E-state index contributed by atoms with van der Waals surface area (Å²) in [5.41, 5.74) is 1.60. The SMILES string of the molecule is O=C(c1ccc(-n2cccn2)nc1)N1CCC[C@@H](c2ccncn2)C1. The normalized spacial score (nSPS) is 17.4. The second-order valence-corrected chi connectivity index (χ2v) is 6.08. The molecule has 1 atom stereocenters. The molecule has 0 aliphatic carbocycles. The summed E-state index contributed by atoms with van der Waals surface area (Å²) in [5.74, 6) is 0.967. The molecule has 0 spiro atoms. The van der Waals surface area contributed by atoms with Gasteiger partial charge in [-0.15, -0.1) is 0 Å². The van der Waals surface area contributed by atoms with Crippen molar-refractivity contribution in [2.24, 2.45) is 0 Å². The van der Waals surface area contributed by atoms with Gasteiger partial charge < -0.3 is 4.90 Å². The Bertz CT molecular complexity index is 832. The number of carbonyl (C=O) groups excluding carboxylic acids is 1. The summed E-state index contributed by atoms with van der Waals surface area (Å²) in [5, 5.41) is 4.14. The molecule has 4 heterocycles. The topological polar surface area (TPSA) is 76.8 Å². The molecule has 3 aromatic rings. The van der Waals surface area contributed by atoms with Gasteiger partial charge in [-0.05, 0) is 37.1 Å². The highest BCUT2D eigenvalue weighted by Crippen LogP contribution is 2.26. The molecule has 0 aromatic carbocycles. The Hall–Kier alpha value is -3.09. The maximum absolute atomic E-state index is 12.8. The number of hydrogen-bond donors (Lipinski definition) is 0.